The van der Waals surface area contributed by atoms with Gasteiger partial charge in [-0.15, -0.1) is 0 Å². The Morgan fingerprint density at radius 1 is 1.25 bits per heavy atom. The molecule has 0 aliphatic rings. The van der Waals surface area contributed by atoms with Crippen LogP contribution in [0.1, 0.15) is 17.5 Å². The van der Waals surface area contributed by atoms with E-state index in [4.69, 9.17) is 4.74 Å². The van der Waals surface area contributed by atoms with Crippen molar-refractivity contribution in [1.82, 2.24) is 9.55 Å². The van der Waals surface area contributed by atoms with E-state index in [-0.39, 0.29) is 0 Å². The van der Waals surface area contributed by atoms with Gasteiger partial charge in [-0.2, -0.15) is 0 Å². The Kier molecular flexibility index (Phi) is 3.25. The normalized spacial score (nSPS) is 11.2. The van der Waals surface area contributed by atoms with Crippen LogP contribution in [0.5, 0.6) is 0 Å². The highest BCUT2D eigenvalue weighted by molar-refractivity contribution is 5.77. The molecule has 0 bridgehead atoms. The molecule has 2 aromatic rings. The standard InChI is InChI=1S/C13H18N2O/c1-10-7-12-13(8-11(10)2)15(9-14-12)5-4-6-16-3/h7-9H,4-6H2,1-3H3. The average molecular weight is 218 g/mol. The van der Waals surface area contributed by atoms with Gasteiger partial charge in [0.25, 0.3) is 0 Å². The molecule has 0 saturated heterocycles. The maximum absolute atomic E-state index is 5.06. The second-order valence-corrected chi connectivity index (χ2v) is 4.21. The van der Waals surface area contributed by atoms with Crippen LogP contribution in [0.25, 0.3) is 11.0 Å². The SMILES string of the molecule is COCCCn1cnc2cc(C)c(C)cc21. The third-order valence-electron chi connectivity index (χ3n) is 2.98. The van der Waals surface area contributed by atoms with E-state index in [1.807, 2.05) is 6.33 Å². The molecule has 0 saturated carbocycles. The molecule has 0 fully saturated rings. The van der Waals surface area contributed by atoms with Crippen LogP contribution in [0.15, 0.2) is 18.5 Å². The Morgan fingerprint density at radius 2 is 2.00 bits per heavy atom. The molecule has 0 atom stereocenters. The van der Waals surface area contributed by atoms with Gasteiger partial charge in [0, 0.05) is 20.3 Å². The third kappa shape index (κ3) is 2.09. The van der Waals surface area contributed by atoms with Gasteiger partial charge >= 0.3 is 0 Å². The van der Waals surface area contributed by atoms with Crippen LogP contribution in [-0.2, 0) is 11.3 Å². The molecular formula is C13H18N2O. The lowest BCUT2D eigenvalue weighted by atomic mass is 10.1. The second-order valence-electron chi connectivity index (χ2n) is 4.21. The first kappa shape index (κ1) is 11.1. The zero-order valence-electron chi connectivity index (χ0n) is 10.2. The maximum atomic E-state index is 5.06. The minimum Gasteiger partial charge on any atom is -0.385 e. The van der Waals surface area contributed by atoms with Gasteiger partial charge < -0.3 is 9.30 Å². The Hall–Kier alpha value is -1.35. The first-order valence-corrected chi connectivity index (χ1v) is 5.63. The lowest BCUT2D eigenvalue weighted by Crippen LogP contribution is -2.00. The second kappa shape index (κ2) is 4.66. The van der Waals surface area contributed by atoms with E-state index in [0.717, 1.165) is 25.1 Å². The van der Waals surface area contributed by atoms with Crippen molar-refractivity contribution in [3.63, 3.8) is 0 Å². The van der Waals surface area contributed by atoms with Gasteiger partial charge in [-0.25, -0.2) is 4.98 Å². The van der Waals surface area contributed by atoms with Gasteiger partial charge in [-0.05, 0) is 43.5 Å². The molecule has 2 rings (SSSR count). The highest BCUT2D eigenvalue weighted by Crippen LogP contribution is 2.18. The fraction of sp³-hybridized carbons (Fsp3) is 0.462. The number of rotatable bonds is 4. The molecule has 16 heavy (non-hydrogen) atoms. The Morgan fingerprint density at radius 3 is 2.75 bits per heavy atom. The minimum atomic E-state index is 0.796. The summed E-state index contributed by atoms with van der Waals surface area (Å²) in [6.45, 7) is 6.03. The molecule has 0 N–H and O–H groups in total. The number of methoxy groups -OCH3 is 1. The van der Waals surface area contributed by atoms with Gasteiger partial charge in [0.1, 0.15) is 0 Å². The summed E-state index contributed by atoms with van der Waals surface area (Å²) in [4.78, 5) is 4.42. The fourth-order valence-electron chi connectivity index (χ4n) is 1.87. The van der Waals surface area contributed by atoms with Crippen LogP contribution in [0, 0.1) is 13.8 Å². The molecule has 1 aromatic carbocycles. The van der Waals surface area contributed by atoms with Crippen molar-refractivity contribution in [3.8, 4) is 0 Å². The number of aromatic nitrogens is 2. The molecule has 0 aliphatic carbocycles. The Balaban J connectivity index is 2.29. The van der Waals surface area contributed by atoms with Crippen molar-refractivity contribution in [3.05, 3.63) is 29.6 Å². The number of hydrogen-bond donors (Lipinski definition) is 0. The van der Waals surface area contributed by atoms with E-state index in [9.17, 15) is 0 Å². The zero-order chi connectivity index (χ0) is 11.5. The predicted molar refractivity (Wildman–Crippen MR) is 65.7 cm³/mol. The number of ether oxygens (including phenoxy) is 1. The van der Waals surface area contributed by atoms with E-state index in [0.29, 0.717) is 0 Å². The molecule has 3 heteroatoms. The van der Waals surface area contributed by atoms with Gasteiger partial charge in [-0.3, -0.25) is 0 Å². The smallest absolute Gasteiger partial charge is 0.0958 e. The zero-order valence-corrected chi connectivity index (χ0v) is 10.2. The minimum absolute atomic E-state index is 0.796. The van der Waals surface area contributed by atoms with Gasteiger partial charge in [-0.1, -0.05) is 0 Å². The molecule has 0 aliphatic heterocycles. The van der Waals surface area contributed by atoms with Crippen molar-refractivity contribution in [1.29, 1.82) is 0 Å². The molecule has 1 aromatic heterocycles. The predicted octanol–water partition coefficient (Wildman–Crippen LogP) is 2.69. The summed E-state index contributed by atoms with van der Waals surface area (Å²) >= 11 is 0. The molecule has 0 spiro atoms. The molecule has 0 radical (unpaired) electrons. The largest absolute Gasteiger partial charge is 0.385 e. The van der Waals surface area contributed by atoms with Gasteiger partial charge in [0.05, 0.1) is 17.4 Å². The quantitative estimate of drug-likeness (QED) is 0.738. The molecule has 3 nitrogen and oxygen atoms in total. The van der Waals surface area contributed by atoms with E-state index >= 15 is 0 Å². The summed E-state index contributed by atoms with van der Waals surface area (Å²) in [5.41, 5.74) is 4.93. The van der Waals surface area contributed by atoms with Crippen LogP contribution in [0.4, 0.5) is 0 Å². The van der Waals surface area contributed by atoms with E-state index in [2.05, 4.69) is 35.5 Å². The summed E-state index contributed by atoms with van der Waals surface area (Å²) in [7, 11) is 1.74. The summed E-state index contributed by atoms with van der Waals surface area (Å²) in [6, 6.07) is 4.36. The summed E-state index contributed by atoms with van der Waals surface area (Å²) in [5, 5.41) is 0. The summed E-state index contributed by atoms with van der Waals surface area (Å²) < 4.78 is 7.26. The third-order valence-corrected chi connectivity index (χ3v) is 2.98. The highest BCUT2D eigenvalue weighted by atomic mass is 16.5. The van der Waals surface area contributed by atoms with Crippen molar-refractivity contribution < 1.29 is 4.74 Å². The topological polar surface area (TPSA) is 27.1 Å². The van der Waals surface area contributed by atoms with Crippen molar-refractivity contribution in [2.75, 3.05) is 13.7 Å². The summed E-state index contributed by atoms with van der Waals surface area (Å²) in [5.74, 6) is 0. The highest BCUT2D eigenvalue weighted by Gasteiger charge is 2.04. The Bertz CT molecular complexity index is 488. The van der Waals surface area contributed by atoms with Crippen LogP contribution in [0.3, 0.4) is 0 Å². The van der Waals surface area contributed by atoms with Gasteiger partial charge in [0.15, 0.2) is 0 Å². The van der Waals surface area contributed by atoms with Crippen LogP contribution in [0.2, 0.25) is 0 Å². The maximum Gasteiger partial charge on any atom is 0.0958 e. The lowest BCUT2D eigenvalue weighted by Gasteiger charge is -2.05. The van der Waals surface area contributed by atoms with Crippen molar-refractivity contribution >= 4 is 11.0 Å². The van der Waals surface area contributed by atoms with Crippen LogP contribution in [-0.4, -0.2) is 23.3 Å². The number of benzene rings is 1. The van der Waals surface area contributed by atoms with Crippen molar-refractivity contribution in [2.24, 2.45) is 0 Å². The lowest BCUT2D eigenvalue weighted by molar-refractivity contribution is 0.190. The molecule has 0 unspecified atom stereocenters. The van der Waals surface area contributed by atoms with E-state index in [1.165, 1.54) is 16.6 Å². The fourth-order valence-corrected chi connectivity index (χ4v) is 1.87. The molecule has 1 heterocycles. The van der Waals surface area contributed by atoms with Crippen molar-refractivity contribution in [2.45, 2.75) is 26.8 Å². The van der Waals surface area contributed by atoms with E-state index in [1.54, 1.807) is 7.11 Å². The molecule has 86 valence electrons. The average Bonchev–Trinajstić information content (AvgIpc) is 2.63. The number of imidazole rings is 1. The van der Waals surface area contributed by atoms with E-state index < -0.39 is 0 Å². The number of aryl methyl sites for hydroxylation is 3. The number of fused-ring (bicyclic) bond motifs is 1. The van der Waals surface area contributed by atoms with Gasteiger partial charge in [0.2, 0.25) is 0 Å². The Labute approximate surface area is 96.1 Å². The van der Waals surface area contributed by atoms with Crippen LogP contribution < -0.4 is 0 Å². The summed E-state index contributed by atoms with van der Waals surface area (Å²) in [6.07, 6.45) is 2.94. The van der Waals surface area contributed by atoms with Crippen LogP contribution >= 0.6 is 0 Å². The number of hydrogen-bond acceptors (Lipinski definition) is 2. The monoisotopic (exact) mass is 218 g/mol. The first-order valence-electron chi connectivity index (χ1n) is 5.63. The first-order chi connectivity index (χ1) is 7.72. The molecular weight excluding hydrogens is 200 g/mol. The molecule has 0 amide bonds. The number of nitrogens with zero attached hydrogens (tertiary/aromatic N) is 2.